The Morgan fingerprint density at radius 3 is 2.55 bits per heavy atom. The fraction of sp³-hybridized carbons (Fsp3) is 0.278. The first kappa shape index (κ1) is 16.2. The molecule has 1 atom stereocenters. The SMILES string of the molecule is CC(O)(CCNCc1cccc(C(=O)O)c1)c1ccccc1. The van der Waals surface area contributed by atoms with Crippen LogP contribution in [0.15, 0.2) is 54.6 Å². The van der Waals surface area contributed by atoms with E-state index in [9.17, 15) is 9.90 Å². The van der Waals surface area contributed by atoms with Gasteiger partial charge in [0.05, 0.1) is 11.2 Å². The Kier molecular flexibility index (Phi) is 5.31. The van der Waals surface area contributed by atoms with Gasteiger partial charge in [-0.15, -0.1) is 0 Å². The standard InChI is InChI=1S/C18H21NO3/c1-18(22,16-8-3-2-4-9-16)10-11-19-13-14-6-5-7-15(12-14)17(20)21/h2-9,12,19,22H,10-11,13H2,1H3,(H,20,21). The number of aliphatic hydroxyl groups is 1. The quantitative estimate of drug-likeness (QED) is 0.688. The minimum absolute atomic E-state index is 0.288. The molecule has 0 saturated carbocycles. The maximum absolute atomic E-state index is 10.9. The van der Waals surface area contributed by atoms with Crippen LogP contribution in [-0.2, 0) is 12.1 Å². The van der Waals surface area contributed by atoms with Crippen molar-refractivity contribution >= 4 is 5.97 Å². The zero-order chi connectivity index (χ0) is 16.0. The van der Waals surface area contributed by atoms with E-state index in [2.05, 4.69) is 5.32 Å². The highest BCUT2D eigenvalue weighted by Gasteiger charge is 2.21. The van der Waals surface area contributed by atoms with Crippen LogP contribution in [0.5, 0.6) is 0 Å². The van der Waals surface area contributed by atoms with Gasteiger partial charge in [0, 0.05) is 6.54 Å². The lowest BCUT2D eigenvalue weighted by molar-refractivity contribution is 0.0479. The van der Waals surface area contributed by atoms with Crippen LogP contribution in [0.4, 0.5) is 0 Å². The van der Waals surface area contributed by atoms with Crippen LogP contribution in [-0.4, -0.2) is 22.7 Å². The van der Waals surface area contributed by atoms with Gasteiger partial charge in [0.15, 0.2) is 0 Å². The smallest absolute Gasteiger partial charge is 0.335 e. The van der Waals surface area contributed by atoms with Crippen molar-refractivity contribution in [3.8, 4) is 0 Å². The molecule has 2 aromatic carbocycles. The van der Waals surface area contributed by atoms with Crippen molar-refractivity contribution in [3.05, 3.63) is 71.3 Å². The van der Waals surface area contributed by atoms with Crippen molar-refractivity contribution in [2.75, 3.05) is 6.54 Å². The van der Waals surface area contributed by atoms with E-state index in [-0.39, 0.29) is 5.56 Å². The van der Waals surface area contributed by atoms with E-state index in [1.165, 1.54) is 0 Å². The molecule has 0 aliphatic heterocycles. The van der Waals surface area contributed by atoms with E-state index in [1.54, 1.807) is 25.1 Å². The van der Waals surface area contributed by atoms with Gasteiger partial charge in [-0.3, -0.25) is 0 Å². The maximum Gasteiger partial charge on any atom is 0.335 e. The number of carbonyl (C=O) groups is 1. The van der Waals surface area contributed by atoms with Crippen molar-refractivity contribution in [1.82, 2.24) is 5.32 Å². The van der Waals surface area contributed by atoms with Crippen LogP contribution in [0.1, 0.15) is 34.8 Å². The summed E-state index contributed by atoms with van der Waals surface area (Å²) in [5, 5.41) is 22.7. The largest absolute Gasteiger partial charge is 0.478 e. The number of benzene rings is 2. The Bertz CT molecular complexity index is 623. The lowest BCUT2D eigenvalue weighted by Gasteiger charge is -2.24. The first-order valence-corrected chi connectivity index (χ1v) is 7.30. The molecule has 22 heavy (non-hydrogen) atoms. The number of carboxylic acids is 1. The van der Waals surface area contributed by atoms with Gasteiger partial charge in [0.2, 0.25) is 0 Å². The number of aromatic carboxylic acids is 1. The third-order valence-electron chi connectivity index (χ3n) is 3.69. The number of hydrogen-bond acceptors (Lipinski definition) is 3. The summed E-state index contributed by atoms with van der Waals surface area (Å²) in [5.41, 5.74) is 1.22. The molecule has 0 aliphatic rings. The number of nitrogens with one attached hydrogen (secondary N) is 1. The van der Waals surface area contributed by atoms with Crippen LogP contribution in [0.2, 0.25) is 0 Å². The van der Waals surface area contributed by atoms with E-state index in [0.29, 0.717) is 19.5 Å². The van der Waals surface area contributed by atoms with E-state index in [0.717, 1.165) is 11.1 Å². The predicted molar refractivity (Wildman–Crippen MR) is 85.7 cm³/mol. The van der Waals surface area contributed by atoms with Gasteiger partial charge in [-0.25, -0.2) is 4.79 Å². The second-order valence-electron chi connectivity index (χ2n) is 5.57. The number of carboxylic acid groups (broad SMARTS) is 1. The molecular formula is C18H21NO3. The summed E-state index contributed by atoms with van der Waals surface area (Å²) in [6.45, 7) is 3.01. The molecule has 4 heteroatoms. The van der Waals surface area contributed by atoms with Crippen LogP contribution < -0.4 is 5.32 Å². The molecule has 0 aromatic heterocycles. The first-order chi connectivity index (χ1) is 10.5. The molecule has 2 rings (SSSR count). The molecule has 0 radical (unpaired) electrons. The first-order valence-electron chi connectivity index (χ1n) is 7.30. The van der Waals surface area contributed by atoms with Crippen molar-refractivity contribution in [3.63, 3.8) is 0 Å². The highest BCUT2D eigenvalue weighted by molar-refractivity contribution is 5.87. The summed E-state index contributed by atoms with van der Waals surface area (Å²) in [6, 6.07) is 16.4. The third-order valence-corrected chi connectivity index (χ3v) is 3.69. The molecule has 0 heterocycles. The average Bonchev–Trinajstić information content (AvgIpc) is 2.53. The highest BCUT2D eigenvalue weighted by Crippen LogP contribution is 2.23. The summed E-state index contributed by atoms with van der Waals surface area (Å²) < 4.78 is 0. The zero-order valence-electron chi connectivity index (χ0n) is 12.6. The zero-order valence-corrected chi connectivity index (χ0v) is 12.6. The molecule has 0 aliphatic carbocycles. The second kappa shape index (κ2) is 7.20. The Balaban J connectivity index is 1.84. The maximum atomic E-state index is 10.9. The predicted octanol–water partition coefficient (Wildman–Crippen LogP) is 2.77. The van der Waals surface area contributed by atoms with E-state index in [1.807, 2.05) is 36.4 Å². The fourth-order valence-corrected chi connectivity index (χ4v) is 2.32. The second-order valence-corrected chi connectivity index (χ2v) is 5.57. The van der Waals surface area contributed by atoms with Crippen LogP contribution in [0.3, 0.4) is 0 Å². The summed E-state index contributed by atoms with van der Waals surface area (Å²) in [4.78, 5) is 10.9. The lowest BCUT2D eigenvalue weighted by atomic mass is 9.92. The average molecular weight is 299 g/mol. The molecule has 0 spiro atoms. The van der Waals surface area contributed by atoms with Gasteiger partial charge < -0.3 is 15.5 Å². The molecule has 0 saturated heterocycles. The van der Waals surface area contributed by atoms with Crippen LogP contribution >= 0.6 is 0 Å². The third kappa shape index (κ3) is 4.41. The summed E-state index contributed by atoms with van der Waals surface area (Å²) in [7, 11) is 0. The Morgan fingerprint density at radius 2 is 1.86 bits per heavy atom. The van der Waals surface area contributed by atoms with E-state index >= 15 is 0 Å². The normalized spacial score (nSPS) is 13.5. The lowest BCUT2D eigenvalue weighted by Crippen LogP contribution is -2.27. The van der Waals surface area contributed by atoms with Crippen molar-refractivity contribution in [2.24, 2.45) is 0 Å². The molecule has 0 bridgehead atoms. The highest BCUT2D eigenvalue weighted by atomic mass is 16.4. The van der Waals surface area contributed by atoms with Crippen LogP contribution in [0, 0.1) is 0 Å². The molecule has 116 valence electrons. The summed E-state index contributed by atoms with van der Waals surface area (Å²) in [5.74, 6) is -0.922. The van der Waals surface area contributed by atoms with Crippen LogP contribution in [0.25, 0.3) is 0 Å². The minimum atomic E-state index is -0.922. The molecule has 1 unspecified atom stereocenters. The van der Waals surface area contributed by atoms with Crippen molar-refractivity contribution in [1.29, 1.82) is 0 Å². The fourth-order valence-electron chi connectivity index (χ4n) is 2.32. The summed E-state index contributed by atoms with van der Waals surface area (Å²) in [6.07, 6.45) is 0.579. The van der Waals surface area contributed by atoms with Crippen molar-refractivity contribution < 1.29 is 15.0 Å². The minimum Gasteiger partial charge on any atom is -0.478 e. The van der Waals surface area contributed by atoms with Gasteiger partial charge in [0.25, 0.3) is 0 Å². The Hall–Kier alpha value is -2.17. The molecule has 4 nitrogen and oxygen atoms in total. The number of hydrogen-bond donors (Lipinski definition) is 3. The molecular weight excluding hydrogens is 278 g/mol. The molecule has 3 N–H and O–H groups in total. The molecule has 0 amide bonds. The van der Waals surface area contributed by atoms with Gasteiger partial charge in [-0.1, -0.05) is 42.5 Å². The monoisotopic (exact) mass is 299 g/mol. The van der Waals surface area contributed by atoms with Crippen molar-refractivity contribution in [2.45, 2.75) is 25.5 Å². The Morgan fingerprint density at radius 1 is 1.14 bits per heavy atom. The topological polar surface area (TPSA) is 69.6 Å². The van der Waals surface area contributed by atoms with Gasteiger partial charge in [-0.2, -0.15) is 0 Å². The van der Waals surface area contributed by atoms with Gasteiger partial charge in [-0.05, 0) is 43.1 Å². The van der Waals surface area contributed by atoms with Gasteiger partial charge in [0.1, 0.15) is 0 Å². The Labute approximate surface area is 130 Å². The van der Waals surface area contributed by atoms with Gasteiger partial charge >= 0.3 is 5.97 Å². The molecule has 2 aromatic rings. The van der Waals surface area contributed by atoms with E-state index < -0.39 is 11.6 Å². The summed E-state index contributed by atoms with van der Waals surface area (Å²) >= 11 is 0. The molecule has 0 fully saturated rings. The number of rotatable bonds is 7. The van der Waals surface area contributed by atoms with E-state index in [4.69, 9.17) is 5.11 Å².